The average molecular weight is 270 g/mol. The van der Waals surface area contributed by atoms with Crippen molar-refractivity contribution in [3.05, 3.63) is 53.3 Å². The van der Waals surface area contributed by atoms with Gasteiger partial charge in [-0.15, -0.1) is 0 Å². The van der Waals surface area contributed by atoms with Crippen molar-refractivity contribution in [3.8, 4) is 0 Å². The van der Waals surface area contributed by atoms with E-state index >= 15 is 0 Å². The Bertz CT molecular complexity index is 572. The highest BCUT2D eigenvalue weighted by Crippen LogP contribution is 2.21. The first kappa shape index (κ1) is 14.5. The van der Waals surface area contributed by atoms with Gasteiger partial charge in [0.15, 0.2) is 5.78 Å². The number of nitrogens with zero attached hydrogens (tertiary/aromatic N) is 2. The molecule has 20 heavy (non-hydrogen) atoms. The van der Waals surface area contributed by atoms with E-state index in [1.807, 2.05) is 41.9 Å². The Hall–Kier alpha value is -1.90. The summed E-state index contributed by atoms with van der Waals surface area (Å²) in [6.07, 6.45) is 2.55. The monoisotopic (exact) mass is 270 g/mol. The molecule has 0 saturated heterocycles. The molecule has 0 spiro atoms. The van der Waals surface area contributed by atoms with Crippen molar-refractivity contribution in [1.29, 1.82) is 0 Å². The highest BCUT2D eigenvalue weighted by molar-refractivity contribution is 5.98. The Morgan fingerprint density at radius 3 is 2.40 bits per heavy atom. The lowest BCUT2D eigenvalue weighted by Crippen LogP contribution is -2.22. The molecule has 3 heteroatoms. The molecule has 1 aromatic heterocycles. The lowest BCUT2D eigenvalue weighted by molar-refractivity contribution is 0.0912. The van der Waals surface area contributed by atoms with Crippen molar-refractivity contribution in [3.63, 3.8) is 0 Å². The van der Waals surface area contributed by atoms with Crippen LogP contribution in [0.2, 0.25) is 0 Å². The summed E-state index contributed by atoms with van der Waals surface area (Å²) in [4.78, 5) is 12.7. The summed E-state index contributed by atoms with van der Waals surface area (Å²) in [5.74, 6) is 0.147. The normalized spacial score (nSPS) is 12.3. The topological polar surface area (TPSA) is 34.9 Å². The first-order chi connectivity index (χ1) is 9.71. The van der Waals surface area contributed by atoms with Gasteiger partial charge in [0.2, 0.25) is 0 Å². The zero-order valence-corrected chi connectivity index (χ0v) is 12.5. The lowest BCUT2D eigenvalue weighted by Gasteiger charge is -2.17. The molecule has 0 radical (unpaired) electrons. The minimum absolute atomic E-state index is 0.147. The molecule has 0 fully saturated rings. The van der Waals surface area contributed by atoms with Crippen molar-refractivity contribution in [2.45, 2.75) is 46.1 Å². The van der Waals surface area contributed by atoms with Crippen LogP contribution >= 0.6 is 0 Å². The fourth-order valence-corrected chi connectivity index (χ4v) is 2.46. The Morgan fingerprint density at radius 1 is 1.15 bits per heavy atom. The lowest BCUT2D eigenvalue weighted by atomic mass is 10.0. The fraction of sp³-hybridized carbons (Fsp3) is 0.412. The van der Waals surface area contributed by atoms with Crippen LogP contribution < -0.4 is 0 Å². The summed E-state index contributed by atoms with van der Waals surface area (Å²) in [7, 11) is 0. The summed E-state index contributed by atoms with van der Waals surface area (Å²) in [5.41, 5.74) is 2.95. The molecular weight excluding hydrogens is 248 g/mol. The van der Waals surface area contributed by atoms with Crippen LogP contribution in [-0.2, 0) is 12.8 Å². The van der Waals surface area contributed by atoms with Crippen LogP contribution in [0, 0.1) is 0 Å². The van der Waals surface area contributed by atoms with Gasteiger partial charge in [0.1, 0.15) is 6.04 Å². The molecule has 3 nitrogen and oxygen atoms in total. The third-order valence-corrected chi connectivity index (χ3v) is 3.63. The van der Waals surface area contributed by atoms with E-state index in [4.69, 9.17) is 0 Å². The third-order valence-electron chi connectivity index (χ3n) is 3.63. The van der Waals surface area contributed by atoms with E-state index in [9.17, 15) is 4.79 Å². The summed E-state index contributed by atoms with van der Waals surface area (Å²) in [5, 5.41) is 4.61. The minimum Gasteiger partial charge on any atom is -0.292 e. The van der Waals surface area contributed by atoms with E-state index in [1.54, 1.807) is 0 Å². The average Bonchev–Trinajstić information content (AvgIpc) is 2.92. The minimum atomic E-state index is -0.201. The second-order valence-corrected chi connectivity index (χ2v) is 4.93. The second-order valence-electron chi connectivity index (χ2n) is 4.93. The van der Waals surface area contributed by atoms with Gasteiger partial charge in [-0.25, -0.2) is 0 Å². The fourth-order valence-electron chi connectivity index (χ4n) is 2.46. The Morgan fingerprint density at radius 2 is 1.85 bits per heavy atom. The van der Waals surface area contributed by atoms with Crippen molar-refractivity contribution in [2.75, 3.05) is 0 Å². The second kappa shape index (κ2) is 6.51. The number of ketones is 1. The predicted molar refractivity (Wildman–Crippen MR) is 81.1 cm³/mol. The zero-order valence-electron chi connectivity index (χ0n) is 12.5. The molecule has 0 amide bonds. The summed E-state index contributed by atoms with van der Waals surface area (Å²) < 4.78 is 1.92. The molecular formula is C17H22N2O. The van der Waals surface area contributed by atoms with Crippen molar-refractivity contribution in [1.82, 2.24) is 9.78 Å². The Kier molecular flexibility index (Phi) is 4.72. The van der Waals surface area contributed by atoms with E-state index in [0.717, 1.165) is 36.2 Å². The number of hydrogen-bond donors (Lipinski definition) is 0. The molecule has 0 aliphatic carbocycles. The molecule has 0 aliphatic rings. The molecule has 0 saturated carbocycles. The van der Waals surface area contributed by atoms with Gasteiger partial charge in [-0.1, -0.05) is 51.1 Å². The van der Waals surface area contributed by atoms with Crippen molar-refractivity contribution >= 4 is 5.78 Å². The molecule has 2 aromatic rings. The van der Waals surface area contributed by atoms with Crippen LogP contribution in [0.15, 0.2) is 36.4 Å². The maximum Gasteiger partial charge on any atom is 0.187 e. The number of aryl methyl sites for hydroxylation is 2. The molecule has 1 unspecified atom stereocenters. The van der Waals surface area contributed by atoms with E-state index in [2.05, 4.69) is 25.0 Å². The Labute approximate surface area is 120 Å². The number of carbonyl (C=O) groups excluding carboxylic acids is 1. The first-order valence-corrected chi connectivity index (χ1v) is 7.37. The number of rotatable bonds is 6. The number of hydrogen-bond acceptors (Lipinski definition) is 2. The summed E-state index contributed by atoms with van der Waals surface area (Å²) >= 11 is 0. The third kappa shape index (κ3) is 2.82. The highest BCUT2D eigenvalue weighted by atomic mass is 16.1. The van der Waals surface area contributed by atoms with E-state index < -0.39 is 0 Å². The van der Waals surface area contributed by atoms with Gasteiger partial charge in [-0.2, -0.15) is 5.10 Å². The van der Waals surface area contributed by atoms with Gasteiger partial charge in [0, 0.05) is 11.3 Å². The van der Waals surface area contributed by atoms with E-state index in [-0.39, 0.29) is 11.8 Å². The largest absolute Gasteiger partial charge is 0.292 e. The molecule has 0 bridgehead atoms. The number of benzene rings is 1. The van der Waals surface area contributed by atoms with E-state index in [1.165, 1.54) is 0 Å². The smallest absolute Gasteiger partial charge is 0.187 e. The van der Waals surface area contributed by atoms with Gasteiger partial charge < -0.3 is 0 Å². The van der Waals surface area contributed by atoms with Crippen LogP contribution in [0.4, 0.5) is 0 Å². The summed E-state index contributed by atoms with van der Waals surface area (Å²) in [6, 6.07) is 11.4. The molecule has 0 aliphatic heterocycles. The standard InChI is InChI=1S/C17H22N2O/c1-4-14-12-15(5-2)19(18-14)16(6-3)17(20)13-10-8-7-9-11-13/h7-12,16H,4-6H2,1-3H3. The van der Waals surface area contributed by atoms with Crippen LogP contribution in [0.5, 0.6) is 0 Å². The maximum atomic E-state index is 12.7. The number of Topliss-reactive ketones (excluding diaryl/α,β-unsaturated/α-hetero) is 1. The molecule has 2 rings (SSSR count). The van der Waals surface area contributed by atoms with Gasteiger partial charge in [0.05, 0.1) is 5.69 Å². The summed E-state index contributed by atoms with van der Waals surface area (Å²) in [6.45, 7) is 6.23. The molecule has 1 atom stereocenters. The van der Waals surface area contributed by atoms with Crippen LogP contribution in [0.1, 0.15) is 55.0 Å². The molecule has 0 N–H and O–H groups in total. The quantitative estimate of drug-likeness (QED) is 0.747. The SMILES string of the molecule is CCc1cc(CC)n(C(CC)C(=O)c2ccccc2)n1. The predicted octanol–water partition coefficient (Wildman–Crippen LogP) is 3.84. The number of aromatic nitrogens is 2. The van der Waals surface area contributed by atoms with Crippen molar-refractivity contribution in [2.24, 2.45) is 0 Å². The van der Waals surface area contributed by atoms with Gasteiger partial charge in [0.25, 0.3) is 0 Å². The van der Waals surface area contributed by atoms with Gasteiger partial charge in [-0.05, 0) is 25.3 Å². The molecule has 106 valence electrons. The van der Waals surface area contributed by atoms with E-state index in [0.29, 0.717) is 0 Å². The first-order valence-electron chi connectivity index (χ1n) is 7.37. The van der Waals surface area contributed by atoms with Crippen molar-refractivity contribution < 1.29 is 4.79 Å². The molecule has 1 aromatic carbocycles. The Balaban J connectivity index is 2.37. The van der Waals surface area contributed by atoms with Crippen LogP contribution in [0.3, 0.4) is 0 Å². The van der Waals surface area contributed by atoms with Gasteiger partial charge >= 0.3 is 0 Å². The van der Waals surface area contributed by atoms with Crippen LogP contribution in [0.25, 0.3) is 0 Å². The van der Waals surface area contributed by atoms with Gasteiger partial charge in [-0.3, -0.25) is 9.48 Å². The zero-order chi connectivity index (χ0) is 14.5. The molecule has 1 heterocycles. The van der Waals surface area contributed by atoms with Crippen LogP contribution in [-0.4, -0.2) is 15.6 Å². The highest BCUT2D eigenvalue weighted by Gasteiger charge is 2.23. The number of carbonyl (C=O) groups is 1. The maximum absolute atomic E-state index is 12.7.